The molecule has 0 unspecified atom stereocenters. The number of rotatable bonds is 7. The summed E-state index contributed by atoms with van der Waals surface area (Å²) in [7, 11) is 0. The smallest absolute Gasteiger partial charge is 0.232 e. The molecule has 0 saturated carbocycles. The van der Waals surface area contributed by atoms with Crippen molar-refractivity contribution in [3.8, 4) is 0 Å². The van der Waals surface area contributed by atoms with Crippen LogP contribution in [0, 0.1) is 5.92 Å². The molecule has 8 heteroatoms. The first-order chi connectivity index (χ1) is 8.91. The third-order valence-corrected chi connectivity index (χ3v) is 3.56. The summed E-state index contributed by atoms with van der Waals surface area (Å²) in [6.07, 6.45) is 0.237. The second kappa shape index (κ2) is 7.13. The lowest BCUT2D eigenvalue weighted by atomic mass is 10.1. The standard InChI is InChI=1S/C11H17N3O4S.2H2/c1-7-4-10(17)14(11(7)18)3-2-13-9(16)6-19-5-8(12)15;;/h7H,2-6H2,1H3,(H2,12,15)(H,13,16);2*1H/t7-;;/m1../s1. The number of nitrogens with two attached hydrogens (primary N) is 1. The van der Waals surface area contributed by atoms with Crippen molar-refractivity contribution in [3.05, 3.63) is 0 Å². The maximum atomic E-state index is 11.6. The van der Waals surface area contributed by atoms with Crippen LogP contribution in [-0.4, -0.2) is 53.1 Å². The van der Waals surface area contributed by atoms with E-state index in [1.165, 1.54) is 4.90 Å². The number of hydrogen-bond donors (Lipinski definition) is 2. The molecule has 0 aromatic rings. The predicted octanol–water partition coefficient (Wildman–Crippen LogP) is -0.792. The Bertz CT molecular complexity index is 409. The fraction of sp³-hybridized carbons (Fsp3) is 0.636. The zero-order valence-corrected chi connectivity index (χ0v) is 11.5. The highest BCUT2D eigenvalue weighted by molar-refractivity contribution is 8.00. The Morgan fingerprint density at radius 1 is 1.47 bits per heavy atom. The molecule has 0 spiro atoms. The van der Waals surface area contributed by atoms with Gasteiger partial charge in [-0.1, -0.05) is 6.92 Å². The minimum atomic E-state index is -0.472. The molecule has 0 bridgehead atoms. The molecule has 1 rings (SSSR count). The van der Waals surface area contributed by atoms with E-state index < -0.39 is 5.91 Å². The summed E-state index contributed by atoms with van der Waals surface area (Å²) in [6.45, 7) is 2.12. The first kappa shape index (κ1) is 15.5. The molecule has 4 amide bonds. The minimum Gasteiger partial charge on any atom is -0.369 e. The van der Waals surface area contributed by atoms with Crippen LogP contribution in [0.2, 0.25) is 0 Å². The van der Waals surface area contributed by atoms with Crippen LogP contribution in [0.3, 0.4) is 0 Å². The van der Waals surface area contributed by atoms with Gasteiger partial charge < -0.3 is 11.1 Å². The number of amides is 4. The molecule has 7 nitrogen and oxygen atoms in total. The molecule has 1 saturated heterocycles. The van der Waals surface area contributed by atoms with Gasteiger partial charge in [0.15, 0.2) is 0 Å². The number of thioether (sulfide) groups is 1. The van der Waals surface area contributed by atoms with Crippen molar-refractivity contribution < 1.29 is 22.0 Å². The lowest BCUT2D eigenvalue weighted by Crippen LogP contribution is -2.38. The Kier molecular flexibility index (Phi) is 5.81. The lowest BCUT2D eigenvalue weighted by molar-refractivity contribution is -0.139. The maximum Gasteiger partial charge on any atom is 0.232 e. The monoisotopic (exact) mass is 291 g/mol. The summed E-state index contributed by atoms with van der Waals surface area (Å²) in [5.41, 5.74) is 4.93. The average molecular weight is 291 g/mol. The van der Waals surface area contributed by atoms with Crippen LogP contribution in [0.1, 0.15) is 16.2 Å². The summed E-state index contributed by atoms with van der Waals surface area (Å²) < 4.78 is 0. The molecule has 19 heavy (non-hydrogen) atoms. The van der Waals surface area contributed by atoms with E-state index in [1.807, 2.05) is 0 Å². The molecule has 0 radical (unpaired) electrons. The molecule has 110 valence electrons. The zero-order chi connectivity index (χ0) is 14.4. The van der Waals surface area contributed by atoms with Crippen LogP contribution >= 0.6 is 11.8 Å². The number of carbonyl (C=O) groups is 4. The van der Waals surface area contributed by atoms with Gasteiger partial charge in [-0.3, -0.25) is 24.1 Å². The Morgan fingerprint density at radius 3 is 2.68 bits per heavy atom. The van der Waals surface area contributed by atoms with E-state index >= 15 is 0 Å². The number of likely N-dealkylation sites (tertiary alicyclic amines) is 1. The van der Waals surface area contributed by atoms with Gasteiger partial charge in [0.2, 0.25) is 23.6 Å². The summed E-state index contributed by atoms with van der Waals surface area (Å²) in [5, 5.41) is 2.58. The summed E-state index contributed by atoms with van der Waals surface area (Å²) >= 11 is 1.12. The number of carbonyl (C=O) groups excluding carboxylic acids is 4. The van der Waals surface area contributed by atoms with Crippen LogP contribution in [0.15, 0.2) is 0 Å². The van der Waals surface area contributed by atoms with E-state index in [2.05, 4.69) is 5.32 Å². The molecular formula is C11H21N3O4S. The zero-order valence-electron chi connectivity index (χ0n) is 10.7. The van der Waals surface area contributed by atoms with Crippen LogP contribution in [-0.2, 0) is 19.2 Å². The minimum absolute atomic E-state index is 0. The fourth-order valence-electron chi connectivity index (χ4n) is 1.69. The number of nitrogens with zero attached hydrogens (tertiary/aromatic N) is 1. The lowest BCUT2D eigenvalue weighted by Gasteiger charge is -2.14. The van der Waals surface area contributed by atoms with Crippen LogP contribution in [0.4, 0.5) is 0 Å². The average Bonchev–Trinajstić information content (AvgIpc) is 2.55. The third-order valence-electron chi connectivity index (χ3n) is 2.60. The fourth-order valence-corrected chi connectivity index (χ4v) is 2.28. The van der Waals surface area contributed by atoms with E-state index in [9.17, 15) is 19.2 Å². The number of nitrogens with one attached hydrogen (secondary N) is 1. The highest BCUT2D eigenvalue weighted by atomic mass is 32.2. The van der Waals surface area contributed by atoms with E-state index in [-0.39, 0.29) is 57.5 Å². The van der Waals surface area contributed by atoms with Gasteiger partial charge in [0.25, 0.3) is 0 Å². The Hall–Kier alpha value is -1.57. The van der Waals surface area contributed by atoms with Crippen LogP contribution in [0.25, 0.3) is 0 Å². The molecule has 1 heterocycles. The Balaban J connectivity index is 0. The van der Waals surface area contributed by atoms with Crippen molar-refractivity contribution in [2.45, 2.75) is 13.3 Å². The molecule has 0 aliphatic carbocycles. The van der Waals surface area contributed by atoms with E-state index in [0.717, 1.165) is 11.8 Å². The highest BCUT2D eigenvalue weighted by Crippen LogP contribution is 2.17. The molecule has 1 atom stereocenters. The van der Waals surface area contributed by atoms with Crippen LogP contribution < -0.4 is 11.1 Å². The number of imide groups is 1. The van der Waals surface area contributed by atoms with E-state index in [1.54, 1.807) is 6.92 Å². The SMILES string of the molecule is C[C@@H]1CC(=O)N(CCNC(=O)CSCC(N)=O)C1=O.[HH].[HH]. The van der Waals surface area contributed by atoms with E-state index in [0.29, 0.717) is 0 Å². The largest absolute Gasteiger partial charge is 0.369 e. The molecule has 1 fully saturated rings. The molecule has 1 aliphatic rings. The van der Waals surface area contributed by atoms with Gasteiger partial charge in [0.05, 0.1) is 11.5 Å². The van der Waals surface area contributed by atoms with Crippen molar-refractivity contribution in [2.24, 2.45) is 11.7 Å². The second-order valence-corrected chi connectivity index (χ2v) is 5.28. The summed E-state index contributed by atoms with van der Waals surface area (Å²) in [6, 6.07) is 0. The first-order valence-corrected chi connectivity index (χ1v) is 7.04. The Labute approximate surface area is 118 Å². The third kappa shape index (κ3) is 4.90. The van der Waals surface area contributed by atoms with Crippen molar-refractivity contribution in [1.29, 1.82) is 0 Å². The summed E-state index contributed by atoms with van der Waals surface area (Å²) in [4.78, 5) is 46.0. The second-order valence-electron chi connectivity index (χ2n) is 4.30. The topological polar surface area (TPSA) is 110 Å². The van der Waals surface area contributed by atoms with Crippen molar-refractivity contribution in [2.75, 3.05) is 24.6 Å². The molecule has 3 N–H and O–H groups in total. The van der Waals surface area contributed by atoms with Crippen molar-refractivity contribution >= 4 is 35.4 Å². The Morgan fingerprint density at radius 2 is 2.16 bits per heavy atom. The predicted molar refractivity (Wildman–Crippen MR) is 74.3 cm³/mol. The number of primary amides is 1. The van der Waals surface area contributed by atoms with Gasteiger partial charge in [-0.15, -0.1) is 11.8 Å². The highest BCUT2D eigenvalue weighted by Gasteiger charge is 2.34. The van der Waals surface area contributed by atoms with Gasteiger partial charge >= 0.3 is 0 Å². The summed E-state index contributed by atoms with van der Waals surface area (Å²) in [5.74, 6) is -1.17. The molecule has 0 aromatic heterocycles. The quantitative estimate of drug-likeness (QED) is 0.597. The van der Waals surface area contributed by atoms with Gasteiger partial charge in [-0.05, 0) is 0 Å². The molecular weight excluding hydrogens is 270 g/mol. The van der Waals surface area contributed by atoms with Gasteiger partial charge in [-0.2, -0.15) is 0 Å². The van der Waals surface area contributed by atoms with Crippen LogP contribution in [0.5, 0.6) is 0 Å². The van der Waals surface area contributed by atoms with Crippen molar-refractivity contribution in [1.82, 2.24) is 10.2 Å². The number of hydrogen-bond acceptors (Lipinski definition) is 5. The van der Waals surface area contributed by atoms with Gasteiger partial charge in [0, 0.05) is 28.3 Å². The van der Waals surface area contributed by atoms with Crippen molar-refractivity contribution in [3.63, 3.8) is 0 Å². The first-order valence-electron chi connectivity index (χ1n) is 5.88. The van der Waals surface area contributed by atoms with Gasteiger partial charge in [0.1, 0.15) is 0 Å². The van der Waals surface area contributed by atoms with Gasteiger partial charge in [-0.25, -0.2) is 0 Å². The normalized spacial score (nSPS) is 18.8. The molecule has 0 aromatic carbocycles. The maximum absolute atomic E-state index is 11.6. The molecule has 1 aliphatic heterocycles. The van der Waals surface area contributed by atoms with E-state index in [4.69, 9.17) is 5.73 Å².